The summed E-state index contributed by atoms with van der Waals surface area (Å²) in [5.74, 6) is -2.17. The SMILES string of the molecule is Fc1ccnc(-c2c(F)ccc(Br)c2F)c1. The lowest BCUT2D eigenvalue weighted by Gasteiger charge is -2.05. The van der Waals surface area contributed by atoms with Crippen LogP contribution < -0.4 is 0 Å². The van der Waals surface area contributed by atoms with E-state index < -0.39 is 17.5 Å². The fourth-order valence-electron chi connectivity index (χ4n) is 1.30. The zero-order chi connectivity index (χ0) is 11.7. The maximum Gasteiger partial charge on any atom is 0.149 e. The maximum absolute atomic E-state index is 13.6. The lowest BCUT2D eigenvalue weighted by molar-refractivity contribution is 0.583. The molecule has 0 unspecified atom stereocenters. The van der Waals surface area contributed by atoms with E-state index in [1.807, 2.05) is 0 Å². The van der Waals surface area contributed by atoms with E-state index in [4.69, 9.17) is 0 Å². The summed E-state index contributed by atoms with van der Waals surface area (Å²) in [5, 5.41) is 0. The fourth-order valence-corrected chi connectivity index (χ4v) is 1.63. The molecule has 5 heteroatoms. The van der Waals surface area contributed by atoms with E-state index in [0.717, 1.165) is 24.4 Å². The fraction of sp³-hybridized carbons (Fsp3) is 0. The molecule has 0 amide bonds. The van der Waals surface area contributed by atoms with Gasteiger partial charge >= 0.3 is 0 Å². The van der Waals surface area contributed by atoms with Gasteiger partial charge in [-0.2, -0.15) is 0 Å². The van der Waals surface area contributed by atoms with Crippen molar-refractivity contribution in [3.63, 3.8) is 0 Å². The van der Waals surface area contributed by atoms with Crippen LogP contribution in [0.1, 0.15) is 0 Å². The topological polar surface area (TPSA) is 12.9 Å². The van der Waals surface area contributed by atoms with Crippen LogP contribution in [-0.2, 0) is 0 Å². The molecular weight excluding hydrogens is 283 g/mol. The Morgan fingerprint density at radius 3 is 2.50 bits per heavy atom. The van der Waals surface area contributed by atoms with Crippen LogP contribution in [0.25, 0.3) is 11.3 Å². The first-order valence-electron chi connectivity index (χ1n) is 4.35. The van der Waals surface area contributed by atoms with Gasteiger partial charge in [-0.3, -0.25) is 4.98 Å². The Kier molecular flexibility index (Phi) is 2.96. The minimum absolute atomic E-state index is 0.0729. The quantitative estimate of drug-likeness (QED) is 0.724. The molecule has 0 spiro atoms. The van der Waals surface area contributed by atoms with Gasteiger partial charge in [-0.25, -0.2) is 13.2 Å². The Labute approximate surface area is 98.1 Å². The van der Waals surface area contributed by atoms with Gasteiger partial charge in [-0.05, 0) is 34.1 Å². The second-order valence-electron chi connectivity index (χ2n) is 3.08. The van der Waals surface area contributed by atoms with Gasteiger partial charge in [-0.15, -0.1) is 0 Å². The minimum atomic E-state index is -0.793. The average Bonchev–Trinajstić information content (AvgIpc) is 2.24. The number of pyridine rings is 1. The number of halogens is 4. The van der Waals surface area contributed by atoms with Gasteiger partial charge < -0.3 is 0 Å². The number of rotatable bonds is 1. The molecule has 16 heavy (non-hydrogen) atoms. The minimum Gasteiger partial charge on any atom is -0.256 e. The van der Waals surface area contributed by atoms with Gasteiger partial charge in [0.1, 0.15) is 17.5 Å². The molecule has 2 rings (SSSR count). The Hall–Kier alpha value is -1.36. The van der Waals surface area contributed by atoms with Crippen LogP contribution in [0.5, 0.6) is 0 Å². The van der Waals surface area contributed by atoms with Gasteiger partial charge in [-0.1, -0.05) is 0 Å². The summed E-state index contributed by atoms with van der Waals surface area (Å²) in [5.41, 5.74) is -0.412. The van der Waals surface area contributed by atoms with Gasteiger partial charge in [0.25, 0.3) is 0 Å². The smallest absolute Gasteiger partial charge is 0.149 e. The number of nitrogens with zero attached hydrogens (tertiary/aromatic N) is 1. The third kappa shape index (κ3) is 1.95. The predicted octanol–water partition coefficient (Wildman–Crippen LogP) is 3.93. The zero-order valence-corrected chi connectivity index (χ0v) is 9.43. The Balaban J connectivity index is 2.68. The molecule has 0 aliphatic rings. The first-order chi connectivity index (χ1) is 7.59. The van der Waals surface area contributed by atoms with E-state index in [9.17, 15) is 13.2 Å². The van der Waals surface area contributed by atoms with Crippen LogP contribution in [0.2, 0.25) is 0 Å². The highest BCUT2D eigenvalue weighted by Gasteiger charge is 2.15. The predicted molar refractivity (Wildman–Crippen MR) is 57.2 cm³/mol. The summed E-state index contributed by atoms with van der Waals surface area (Å²) < 4.78 is 40.1. The van der Waals surface area contributed by atoms with Crippen molar-refractivity contribution in [3.8, 4) is 11.3 Å². The molecule has 0 saturated carbocycles. The summed E-state index contributed by atoms with van der Waals surface area (Å²) in [6.07, 6.45) is 1.16. The molecule has 1 aromatic carbocycles. The summed E-state index contributed by atoms with van der Waals surface area (Å²) in [7, 11) is 0. The molecule has 1 heterocycles. The van der Waals surface area contributed by atoms with E-state index in [1.54, 1.807) is 0 Å². The molecule has 1 nitrogen and oxygen atoms in total. The zero-order valence-electron chi connectivity index (χ0n) is 7.85. The van der Waals surface area contributed by atoms with Gasteiger partial charge in [0.15, 0.2) is 0 Å². The molecule has 82 valence electrons. The lowest BCUT2D eigenvalue weighted by atomic mass is 10.1. The van der Waals surface area contributed by atoms with Crippen molar-refractivity contribution in [1.82, 2.24) is 4.98 Å². The molecule has 0 bridgehead atoms. The first-order valence-corrected chi connectivity index (χ1v) is 5.14. The highest BCUT2D eigenvalue weighted by Crippen LogP contribution is 2.29. The highest BCUT2D eigenvalue weighted by atomic mass is 79.9. The summed E-state index contributed by atoms with van der Waals surface area (Å²) in [4.78, 5) is 3.73. The molecule has 0 radical (unpaired) electrons. The van der Waals surface area contributed by atoms with Crippen LogP contribution in [0, 0.1) is 17.5 Å². The van der Waals surface area contributed by atoms with Crippen molar-refractivity contribution in [2.24, 2.45) is 0 Å². The number of aromatic nitrogens is 1. The number of hydrogen-bond donors (Lipinski definition) is 0. The first kappa shape index (κ1) is 11.1. The largest absolute Gasteiger partial charge is 0.256 e. The molecule has 0 atom stereocenters. The van der Waals surface area contributed by atoms with Crippen molar-refractivity contribution in [1.29, 1.82) is 0 Å². The second-order valence-corrected chi connectivity index (χ2v) is 3.93. The van der Waals surface area contributed by atoms with Crippen LogP contribution in [0.15, 0.2) is 34.9 Å². The van der Waals surface area contributed by atoms with Crippen LogP contribution >= 0.6 is 15.9 Å². The normalized spacial score (nSPS) is 10.5. The molecule has 1 aromatic heterocycles. The van der Waals surface area contributed by atoms with Gasteiger partial charge in [0.2, 0.25) is 0 Å². The van der Waals surface area contributed by atoms with Crippen molar-refractivity contribution in [3.05, 3.63) is 52.4 Å². The van der Waals surface area contributed by atoms with Crippen molar-refractivity contribution >= 4 is 15.9 Å². The van der Waals surface area contributed by atoms with Gasteiger partial charge in [0.05, 0.1) is 15.7 Å². The second kappa shape index (κ2) is 4.25. The van der Waals surface area contributed by atoms with E-state index in [-0.39, 0.29) is 15.7 Å². The Morgan fingerprint density at radius 2 is 1.81 bits per heavy atom. The standard InChI is InChI=1S/C11H5BrF3N/c12-7-1-2-8(14)10(11(7)15)9-5-6(13)3-4-16-9/h1-5H. The monoisotopic (exact) mass is 287 g/mol. The Morgan fingerprint density at radius 1 is 1.06 bits per heavy atom. The number of benzene rings is 1. The van der Waals surface area contributed by atoms with Crippen LogP contribution in [-0.4, -0.2) is 4.98 Å². The molecule has 0 aliphatic carbocycles. The number of hydrogen-bond acceptors (Lipinski definition) is 1. The maximum atomic E-state index is 13.6. The third-order valence-electron chi connectivity index (χ3n) is 2.02. The summed E-state index contributed by atoms with van der Waals surface area (Å²) >= 11 is 2.93. The van der Waals surface area contributed by atoms with E-state index >= 15 is 0 Å². The molecule has 0 N–H and O–H groups in total. The highest BCUT2D eigenvalue weighted by molar-refractivity contribution is 9.10. The molecule has 2 aromatic rings. The van der Waals surface area contributed by atoms with Crippen molar-refractivity contribution in [2.45, 2.75) is 0 Å². The van der Waals surface area contributed by atoms with Gasteiger partial charge in [0, 0.05) is 12.3 Å². The average molecular weight is 288 g/mol. The van der Waals surface area contributed by atoms with E-state index in [2.05, 4.69) is 20.9 Å². The van der Waals surface area contributed by atoms with Crippen LogP contribution in [0.4, 0.5) is 13.2 Å². The Bertz CT molecular complexity index is 543. The lowest BCUT2D eigenvalue weighted by Crippen LogP contribution is -1.94. The summed E-state index contributed by atoms with van der Waals surface area (Å²) in [6, 6.07) is 4.42. The molecule has 0 saturated heterocycles. The summed E-state index contributed by atoms with van der Waals surface area (Å²) in [6.45, 7) is 0. The van der Waals surface area contributed by atoms with Crippen molar-refractivity contribution < 1.29 is 13.2 Å². The third-order valence-corrected chi connectivity index (χ3v) is 2.63. The molecule has 0 aliphatic heterocycles. The van der Waals surface area contributed by atoms with Crippen LogP contribution in [0.3, 0.4) is 0 Å². The van der Waals surface area contributed by atoms with Crippen molar-refractivity contribution in [2.75, 3.05) is 0 Å². The molecule has 0 fully saturated rings. The van der Waals surface area contributed by atoms with E-state index in [0.29, 0.717) is 0 Å². The van der Waals surface area contributed by atoms with E-state index in [1.165, 1.54) is 6.07 Å². The molecular formula is C11H5BrF3N.